The second kappa shape index (κ2) is 11.8. The highest BCUT2D eigenvalue weighted by molar-refractivity contribution is 8.00. The molecule has 7 heteroatoms. The fraction of sp³-hybridized carbons (Fsp3) is 0.143. The summed E-state index contributed by atoms with van der Waals surface area (Å²) in [6.07, 6.45) is 2.28. The fourth-order valence-corrected chi connectivity index (χ4v) is 14.5. The van der Waals surface area contributed by atoms with Gasteiger partial charge in [0.2, 0.25) is 0 Å². The van der Waals surface area contributed by atoms with Crippen LogP contribution in [0.25, 0.3) is 97.1 Å². The van der Waals surface area contributed by atoms with Crippen molar-refractivity contribution in [2.75, 3.05) is 0 Å². The van der Waals surface area contributed by atoms with Crippen LogP contribution in [0, 0.1) is 0 Å². The van der Waals surface area contributed by atoms with Crippen LogP contribution in [-0.2, 0) is 10.8 Å². The Morgan fingerprint density at radius 3 is 1.87 bits per heavy atom. The Morgan fingerprint density at radius 1 is 0.540 bits per heavy atom. The Balaban J connectivity index is 1.14. The van der Waals surface area contributed by atoms with Crippen molar-refractivity contribution in [1.29, 1.82) is 0 Å². The number of fused-ring (bicyclic) bond motifs is 23. The first-order valence-electron chi connectivity index (χ1n) is 22.0. The van der Waals surface area contributed by atoms with E-state index in [2.05, 4.69) is 149 Å². The molecule has 6 heterocycles. The second-order valence-corrected chi connectivity index (χ2v) is 21.3. The topological polar surface area (TPSA) is 48.7 Å². The van der Waals surface area contributed by atoms with E-state index in [-0.39, 0.29) is 17.5 Å². The summed E-state index contributed by atoms with van der Waals surface area (Å²) in [5.41, 5.74) is 13.9. The summed E-state index contributed by atoms with van der Waals surface area (Å²) in [6, 6.07) is 45.9. The lowest BCUT2D eigenvalue weighted by molar-refractivity contribution is 0.333. The van der Waals surface area contributed by atoms with Gasteiger partial charge in [0, 0.05) is 62.8 Å². The predicted molar refractivity (Wildman–Crippen MR) is 264 cm³/mol. The van der Waals surface area contributed by atoms with E-state index in [1.54, 1.807) is 0 Å². The summed E-state index contributed by atoms with van der Waals surface area (Å²) in [5.74, 6) is 1.58. The van der Waals surface area contributed by atoms with Crippen LogP contribution in [0.15, 0.2) is 150 Å². The molecule has 0 saturated heterocycles. The number of furan rings is 3. The third-order valence-corrected chi connectivity index (χ3v) is 17.2. The van der Waals surface area contributed by atoms with Gasteiger partial charge in [0.1, 0.15) is 33.7 Å². The largest absolute Gasteiger partial charge is 0.456 e. The monoisotopic (exact) mass is 848 g/mol. The SMILES string of the molecule is CC1(C)CCC(C)(C)c2c(-c3cc4c5c(c3)Sc3c(c6sc7ccccc7c6c6c3oc3ccccc36)B5c3c(c5oc6ccccc6c5c5c3oc3ccccc35)O4)cccc21. The molecule has 0 bridgehead atoms. The molecule has 15 rings (SSSR count). The maximum absolute atomic E-state index is 7.50. The highest BCUT2D eigenvalue weighted by atomic mass is 32.2. The molecule has 0 N–H and O–H groups in total. The van der Waals surface area contributed by atoms with Gasteiger partial charge in [0.25, 0.3) is 6.71 Å². The van der Waals surface area contributed by atoms with E-state index < -0.39 is 0 Å². The van der Waals surface area contributed by atoms with Crippen molar-refractivity contribution in [2.45, 2.75) is 61.2 Å². The minimum Gasteiger partial charge on any atom is -0.456 e. The van der Waals surface area contributed by atoms with Crippen molar-refractivity contribution in [2.24, 2.45) is 0 Å². The lowest BCUT2D eigenvalue weighted by Gasteiger charge is -2.43. The van der Waals surface area contributed by atoms with Crippen molar-refractivity contribution in [3.05, 3.63) is 139 Å². The molecule has 3 aliphatic rings. The standard InChI is InChI=1S/C56H37BO4S2/c1-55(2)24-25-56(3,4)45-29(18-13-19-34(45)55)28-26-38-46-40(27-28)63-54-48(53-44(33-17-8-12-23-39(33)62-53)43-32-16-7-11-22-37(32)60-51(43)54)57(46)47-49-41(30-14-5-9-20-35(30)58-49)42-31-15-6-10-21-36(31)59-50(42)52(47)61-38/h5-23,26-27H,24-25H2,1-4H3. The smallest absolute Gasteiger partial charge is 0.261 e. The van der Waals surface area contributed by atoms with E-state index >= 15 is 0 Å². The summed E-state index contributed by atoms with van der Waals surface area (Å²) in [4.78, 5) is 2.33. The molecule has 300 valence electrons. The van der Waals surface area contributed by atoms with Crippen LogP contribution in [-0.4, -0.2) is 6.71 Å². The molecule has 0 saturated carbocycles. The normalized spacial score (nSPS) is 16.1. The third-order valence-electron chi connectivity index (χ3n) is 14.8. The molecule has 0 spiro atoms. The lowest BCUT2D eigenvalue weighted by atomic mass is 9.35. The molecule has 4 nitrogen and oxygen atoms in total. The van der Waals surface area contributed by atoms with Gasteiger partial charge in [-0.05, 0) is 93.2 Å². The minimum atomic E-state index is -0.252. The number of benzene rings is 8. The first-order chi connectivity index (χ1) is 30.7. The van der Waals surface area contributed by atoms with Gasteiger partial charge in [-0.1, -0.05) is 130 Å². The zero-order valence-electron chi connectivity index (χ0n) is 35.1. The maximum Gasteiger partial charge on any atom is 0.261 e. The summed E-state index contributed by atoms with van der Waals surface area (Å²) >= 11 is 3.72. The van der Waals surface area contributed by atoms with Crippen LogP contribution >= 0.6 is 23.1 Å². The number of ether oxygens (including phenoxy) is 1. The number of para-hydroxylation sites is 3. The zero-order valence-corrected chi connectivity index (χ0v) is 36.7. The average molecular weight is 849 g/mol. The van der Waals surface area contributed by atoms with Gasteiger partial charge in [-0.2, -0.15) is 0 Å². The van der Waals surface area contributed by atoms with Crippen molar-refractivity contribution < 1.29 is 18.0 Å². The number of thiophene rings is 1. The van der Waals surface area contributed by atoms with Gasteiger partial charge in [0.05, 0.1) is 4.90 Å². The predicted octanol–water partition coefficient (Wildman–Crippen LogP) is 14.9. The molecular formula is C56H37BO4S2. The number of hydrogen-bond acceptors (Lipinski definition) is 6. The molecule has 2 aliphatic heterocycles. The summed E-state index contributed by atoms with van der Waals surface area (Å²) < 4.78 is 31.3. The van der Waals surface area contributed by atoms with Crippen molar-refractivity contribution in [3.63, 3.8) is 0 Å². The fourth-order valence-electron chi connectivity index (χ4n) is 11.9. The van der Waals surface area contributed by atoms with Gasteiger partial charge in [-0.3, -0.25) is 0 Å². The molecule has 8 aromatic carbocycles. The molecule has 63 heavy (non-hydrogen) atoms. The maximum atomic E-state index is 7.50. The minimum absolute atomic E-state index is 0.00484. The lowest BCUT2D eigenvalue weighted by Crippen LogP contribution is -2.58. The summed E-state index contributed by atoms with van der Waals surface area (Å²) in [7, 11) is 0. The summed E-state index contributed by atoms with van der Waals surface area (Å²) in [6.45, 7) is 9.41. The van der Waals surface area contributed by atoms with E-state index in [0.29, 0.717) is 0 Å². The van der Waals surface area contributed by atoms with Crippen LogP contribution in [0.5, 0.6) is 11.5 Å². The highest BCUT2D eigenvalue weighted by Gasteiger charge is 2.47. The Kier molecular flexibility index (Phi) is 6.56. The Hall–Kier alpha value is -6.41. The van der Waals surface area contributed by atoms with Crippen LogP contribution in [0.3, 0.4) is 0 Å². The van der Waals surface area contributed by atoms with Gasteiger partial charge in [0.15, 0.2) is 11.3 Å². The average Bonchev–Trinajstić information content (AvgIpc) is 4.08. The van der Waals surface area contributed by atoms with Crippen molar-refractivity contribution in [1.82, 2.24) is 0 Å². The first-order valence-corrected chi connectivity index (χ1v) is 23.6. The molecule has 0 fully saturated rings. The molecule has 4 aromatic heterocycles. The Labute approximate surface area is 370 Å². The first kappa shape index (κ1) is 35.1. The van der Waals surface area contributed by atoms with E-state index in [1.165, 1.54) is 63.6 Å². The zero-order chi connectivity index (χ0) is 41.7. The molecule has 12 aromatic rings. The number of rotatable bonds is 1. The number of hydrogen-bond donors (Lipinski definition) is 0. The van der Waals surface area contributed by atoms with E-state index in [4.69, 9.17) is 18.0 Å². The Morgan fingerprint density at radius 2 is 1.14 bits per heavy atom. The van der Waals surface area contributed by atoms with Crippen molar-refractivity contribution in [3.8, 4) is 22.6 Å². The van der Waals surface area contributed by atoms with Crippen LogP contribution in [0.2, 0.25) is 0 Å². The molecule has 0 atom stereocenters. The quantitative estimate of drug-likeness (QED) is 0.154. The van der Waals surface area contributed by atoms with Gasteiger partial charge < -0.3 is 18.0 Å². The van der Waals surface area contributed by atoms with E-state index in [9.17, 15) is 0 Å². The van der Waals surface area contributed by atoms with E-state index in [0.717, 1.165) is 95.1 Å². The van der Waals surface area contributed by atoms with Crippen LogP contribution in [0.4, 0.5) is 0 Å². The Bertz CT molecular complexity index is 3840. The molecular weight excluding hydrogens is 812 g/mol. The van der Waals surface area contributed by atoms with Crippen molar-refractivity contribution >= 4 is 132 Å². The van der Waals surface area contributed by atoms with Crippen LogP contribution < -0.4 is 21.1 Å². The third kappa shape index (κ3) is 4.40. The molecule has 0 unspecified atom stereocenters. The van der Waals surface area contributed by atoms with E-state index in [1.807, 2.05) is 29.2 Å². The molecule has 0 radical (unpaired) electrons. The highest BCUT2D eigenvalue weighted by Crippen LogP contribution is 2.54. The second-order valence-electron chi connectivity index (χ2n) is 19.2. The molecule has 0 amide bonds. The van der Waals surface area contributed by atoms with Gasteiger partial charge in [-0.25, -0.2) is 0 Å². The van der Waals surface area contributed by atoms with Gasteiger partial charge >= 0.3 is 0 Å². The van der Waals surface area contributed by atoms with Crippen LogP contribution in [0.1, 0.15) is 51.7 Å². The summed E-state index contributed by atoms with van der Waals surface area (Å²) in [5, 5.41) is 9.01. The van der Waals surface area contributed by atoms with Gasteiger partial charge in [-0.15, -0.1) is 11.3 Å². The molecule has 1 aliphatic carbocycles.